The van der Waals surface area contributed by atoms with Gasteiger partial charge >= 0.3 is 0 Å². The third-order valence-corrected chi connectivity index (χ3v) is 3.86. The van der Waals surface area contributed by atoms with E-state index in [1.807, 2.05) is 13.8 Å². The van der Waals surface area contributed by atoms with Gasteiger partial charge in [0.15, 0.2) is 0 Å². The van der Waals surface area contributed by atoms with E-state index in [4.69, 9.17) is 16.2 Å². The number of amides is 2. The Bertz CT molecular complexity index is 958. The highest BCUT2D eigenvalue weighted by molar-refractivity contribution is 6.04. The van der Waals surface area contributed by atoms with E-state index in [1.54, 1.807) is 23.1 Å². The predicted molar refractivity (Wildman–Crippen MR) is 89.8 cm³/mol. The predicted octanol–water partition coefficient (Wildman–Crippen LogP) is 0.951. The van der Waals surface area contributed by atoms with Gasteiger partial charge in [0.2, 0.25) is 5.91 Å². The number of nitrogens with two attached hydrogens (primary N) is 2. The molecule has 4 N–H and O–H groups in total. The Kier molecular flexibility index (Phi) is 4.24. The van der Waals surface area contributed by atoms with Gasteiger partial charge in [0.1, 0.15) is 6.23 Å². The molecule has 25 heavy (non-hydrogen) atoms. The number of fused-ring (bicyclic) bond motifs is 1. The minimum absolute atomic E-state index is 0.227. The molecule has 0 saturated heterocycles. The number of hydrogen-bond acceptors (Lipinski definition) is 5. The molecule has 0 aliphatic rings. The molecule has 0 aromatic carbocycles. The first-order chi connectivity index (χ1) is 11.9. The van der Waals surface area contributed by atoms with Gasteiger partial charge in [-0.15, -0.1) is 0 Å². The van der Waals surface area contributed by atoms with Gasteiger partial charge in [-0.05, 0) is 19.9 Å². The number of rotatable bonds is 6. The summed E-state index contributed by atoms with van der Waals surface area (Å²) >= 11 is 0. The summed E-state index contributed by atoms with van der Waals surface area (Å²) < 4.78 is 8.62. The quantitative estimate of drug-likeness (QED) is 0.688. The highest BCUT2D eigenvalue weighted by Crippen LogP contribution is 2.29. The van der Waals surface area contributed by atoms with Crippen LogP contribution < -0.4 is 11.5 Å². The van der Waals surface area contributed by atoms with Crippen LogP contribution in [0.5, 0.6) is 0 Å². The fourth-order valence-electron chi connectivity index (χ4n) is 2.67. The summed E-state index contributed by atoms with van der Waals surface area (Å²) in [5.41, 5.74) is 13.1. The molecule has 2 amide bonds. The number of carbonyl (C=O) groups is 2. The third kappa shape index (κ3) is 2.96. The SMILES string of the molecule is CCOC(C)n1cc(-c2c(C(N)=O)cnn3cc(C(N)=O)cc23)cn1. The van der Waals surface area contributed by atoms with Crippen LogP contribution in [0.25, 0.3) is 16.6 Å². The summed E-state index contributed by atoms with van der Waals surface area (Å²) in [5, 5.41) is 8.40. The second-order valence-electron chi connectivity index (χ2n) is 5.48. The first-order valence-electron chi connectivity index (χ1n) is 7.69. The fourth-order valence-corrected chi connectivity index (χ4v) is 2.67. The van der Waals surface area contributed by atoms with Crippen LogP contribution >= 0.6 is 0 Å². The third-order valence-electron chi connectivity index (χ3n) is 3.86. The zero-order valence-corrected chi connectivity index (χ0v) is 13.8. The van der Waals surface area contributed by atoms with Crippen molar-refractivity contribution < 1.29 is 14.3 Å². The molecule has 0 aliphatic carbocycles. The minimum atomic E-state index is -0.627. The van der Waals surface area contributed by atoms with Crippen LogP contribution in [-0.4, -0.2) is 37.8 Å². The van der Waals surface area contributed by atoms with Crippen LogP contribution in [0.2, 0.25) is 0 Å². The van der Waals surface area contributed by atoms with Crippen LogP contribution in [0.3, 0.4) is 0 Å². The van der Waals surface area contributed by atoms with Crippen LogP contribution in [0, 0.1) is 0 Å². The van der Waals surface area contributed by atoms with E-state index in [2.05, 4.69) is 10.2 Å². The van der Waals surface area contributed by atoms with E-state index in [9.17, 15) is 9.59 Å². The fraction of sp³-hybridized carbons (Fsp3) is 0.250. The van der Waals surface area contributed by atoms with Crippen molar-refractivity contribution in [3.63, 3.8) is 0 Å². The lowest BCUT2D eigenvalue weighted by Gasteiger charge is -2.11. The first-order valence-corrected chi connectivity index (χ1v) is 7.69. The molecule has 3 aromatic heterocycles. The van der Waals surface area contributed by atoms with E-state index in [1.165, 1.54) is 16.9 Å². The Hall–Kier alpha value is -3.20. The largest absolute Gasteiger partial charge is 0.366 e. The van der Waals surface area contributed by atoms with E-state index in [0.29, 0.717) is 23.3 Å². The Labute approximate surface area is 143 Å². The molecule has 1 unspecified atom stereocenters. The molecular weight excluding hydrogens is 324 g/mol. The molecule has 3 heterocycles. The summed E-state index contributed by atoms with van der Waals surface area (Å²) in [7, 11) is 0. The number of nitrogens with zero attached hydrogens (tertiary/aromatic N) is 4. The summed E-state index contributed by atoms with van der Waals surface area (Å²) in [5.74, 6) is -1.21. The van der Waals surface area contributed by atoms with Crippen LogP contribution in [0.4, 0.5) is 0 Å². The van der Waals surface area contributed by atoms with E-state index >= 15 is 0 Å². The topological polar surface area (TPSA) is 131 Å². The van der Waals surface area contributed by atoms with Gasteiger partial charge in [0, 0.05) is 30.1 Å². The second kappa shape index (κ2) is 6.36. The van der Waals surface area contributed by atoms with Gasteiger partial charge in [0.05, 0.1) is 29.0 Å². The van der Waals surface area contributed by atoms with Crippen molar-refractivity contribution >= 4 is 17.3 Å². The summed E-state index contributed by atoms with van der Waals surface area (Å²) in [4.78, 5) is 23.3. The number of carbonyl (C=O) groups excluding carboxylic acids is 2. The molecule has 9 nitrogen and oxygen atoms in total. The molecule has 0 bridgehead atoms. The van der Waals surface area contributed by atoms with Crippen LogP contribution in [0.15, 0.2) is 30.9 Å². The lowest BCUT2D eigenvalue weighted by molar-refractivity contribution is 0.0160. The Morgan fingerprint density at radius 1 is 1.20 bits per heavy atom. The Balaban J connectivity index is 2.20. The van der Waals surface area contributed by atoms with E-state index < -0.39 is 11.8 Å². The number of primary amides is 2. The Morgan fingerprint density at radius 2 is 1.96 bits per heavy atom. The van der Waals surface area contributed by atoms with Crippen molar-refractivity contribution in [2.45, 2.75) is 20.1 Å². The highest BCUT2D eigenvalue weighted by atomic mass is 16.5. The van der Waals surface area contributed by atoms with Gasteiger partial charge in [-0.25, -0.2) is 9.20 Å². The Morgan fingerprint density at radius 3 is 2.60 bits per heavy atom. The first kappa shape index (κ1) is 16.7. The lowest BCUT2D eigenvalue weighted by atomic mass is 10.0. The van der Waals surface area contributed by atoms with E-state index in [-0.39, 0.29) is 17.4 Å². The van der Waals surface area contributed by atoms with Crippen molar-refractivity contribution in [3.05, 3.63) is 42.0 Å². The zero-order valence-electron chi connectivity index (χ0n) is 13.8. The summed E-state index contributed by atoms with van der Waals surface area (Å²) in [6.07, 6.45) is 5.95. The van der Waals surface area contributed by atoms with Crippen molar-refractivity contribution in [1.29, 1.82) is 0 Å². The minimum Gasteiger partial charge on any atom is -0.366 e. The lowest BCUT2D eigenvalue weighted by Crippen LogP contribution is -2.14. The maximum Gasteiger partial charge on any atom is 0.251 e. The molecule has 0 aliphatic heterocycles. The molecule has 0 spiro atoms. The smallest absolute Gasteiger partial charge is 0.251 e. The van der Waals surface area contributed by atoms with Crippen molar-refractivity contribution in [2.75, 3.05) is 6.61 Å². The molecule has 1 atom stereocenters. The average molecular weight is 342 g/mol. The summed E-state index contributed by atoms with van der Waals surface area (Å²) in [6, 6.07) is 1.57. The maximum absolute atomic E-state index is 11.9. The zero-order chi connectivity index (χ0) is 18.1. The molecule has 130 valence electrons. The maximum atomic E-state index is 11.9. The highest BCUT2D eigenvalue weighted by Gasteiger charge is 2.19. The van der Waals surface area contributed by atoms with E-state index in [0.717, 1.165) is 0 Å². The van der Waals surface area contributed by atoms with Gasteiger partial charge in [-0.3, -0.25) is 9.59 Å². The van der Waals surface area contributed by atoms with Crippen LogP contribution in [-0.2, 0) is 4.74 Å². The summed E-state index contributed by atoms with van der Waals surface area (Å²) in [6.45, 7) is 4.30. The van der Waals surface area contributed by atoms with Gasteiger partial charge < -0.3 is 16.2 Å². The number of ether oxygens (including phenoxy) is 1. The van der Waals surface area contributed by atoms with Crippen molar-refractivity contribution in [2.24, 2.45) is 11.5 Å². The molecule has 3 aromatic rings. The molecule has 9 heteroatoms. The molecule has 0 fully saturated rings. The monoisotopic (exact) mass is 342 g/mol. The standard InChI is InChI=1S/C16H18N6O3/c1-3-25-9(2)21-8-11(5-19-21)14-12(16(18)24)6-20-22-7-10(15(17)23)4-13(14)22/h4-9H,3H2,1-2H3,(H2,17,23)(H2,18,24). The molecule has 0 saturated carbocycles. The van der Waals surface area contributed by atoms with Gasteiger partial charge in [-0.1, -0.05) is 0 Å². The molecule has 3 rings (SSSR count). The number of aromatic nitrogens is 4. The molecule has 0 radical (unpaired) electrons. The van der Waals surface area contributed by atoms with Gasteiger partial charge in [0.25, 0.3) is 5.91 Å². The van der Waals surface area contributed by atoms with Crippen LogP contribution in [0.1, 0.15) is 40.8 Å². The van der Waals surface area contributed by atoms with Crippen molar-refractivity contribution in [3.8, 4) is 11.1 Å². The van der Waals surface area contributed by atoms with Gasteiger partial charge in [-0.2, -0.15) is 10.2 Å². The van der Waals surface area contributed by atoms with Crippen molar-refractivity contribution in [1.82, 2.24) is 19.4 Å². The average Bonchev–Trinajstić information content (AvgIpc) is 3.21. The number of hydrogen-bond donors (Lipinski definition) is 2. The second-order valence-corrected chi connectivity index (χ2v) is 5.48. The molecular formula is C16H18N6O3. The normalized spacial score (nSPS) is 12.4.